The fraction of sp³-hybridized carbons (Fsp3) is 0.455. The minimum absolute atomic E-state index is 0.0663. The highest BCUT2D eigenvalue weighted by Crippen LogP contribution is 2.27. The summed E-state index contributed by atoms with van der Waals surface area (Å²) in [6.07, 6.45) is 1.04. The highest BCUT2D eigenvalue weighted by atomic mass is 19.1. The van der Waals surface area contributed by atoms with Crippen LogP contribution in [-0.2, 0) is 0 Å². The molecule has 0 radical (unpaired) electrons. The minimum atomic E-state index is -0.0663. The van der Waals surface area contributed by atoms with E-state index in [9.17, 15) is 4.39 Å². The first-order valence-electron chi connectivity index (χ1n) is 4.75. The molecular formula is C11H14FN. The van der Waals surface area contributed by atoms with Gasteiger partial charge in [0.05, 0.1) is 0 Å². The molecule has 2 rings (SSSR count). The summed E-state index contributed by atoms with van der Waals surface area (Å²) in [5.74, 6) is 0.291. The van der Waals surface area contributed by atoms with Crippen molar-refractivity contribution in [2.75, 3.05) is 6.54 Å². The molecule has 0 bridgehead atoms. The molecule has 1 nitrogen and oxygen atoms in total. The highest BCUT2D eigenvalue weighted by Gasteiger charge is 2.23. The molecule has 1 aromatic carbocycles. The second-order valence-corrected chi connectivity index (χ2v) is 3.76. The molecule has 13 heavy (non-hydrogen) atoms. The second kappa shape index (κ2) is 3.46. The van der Waals surface area contributed by atoms with Gasteiger partial charge in [-0.05, 0) is 25.0 Å². The molecule has 1 saturated heterocycles. The van der Waals surface area contributed by atoms with Gasteiger partial charge < -0.3 is 5.32 Å². The molecule has 0 aromatic heterocycles. The van der Waals surface area contributed by atoms with E-state index in [1.54, 1.807) is 12.1 Å². The third-order valence-electron chi connectivity index (χ3n) is 2.70. The summed E-state index contributed by atoms with van der Waals surface area (Å²) in [6.45, 7) is 3.04. The van der Waals surface area contributed by atoms with Crippen LogP contribution in [0.2, 0.25) is 0 Å². The van der Waals surface area contributed by atoms with Crippen molar-refractivity contribution in [3.8, 4) is 0 Å². The number of nitrogens with one attached hydrogen (secondary N) is 1. The molecule has 2 unspecified atom stereocenters. The number of rotatable bonds is 1. The van der Waals surface area contributed by atoms with Crippen molar-refractivity contribution >= 4 is 0 Å². The summed E-state index contributed by atoms with van der Waals surface area (Å²) in [5, 5.41) is 3.33. The SMILES string of the molecule is CC1CC(c2ccccc2F)CN1. The number of hydrogen-bond acceptors (Lipinski definition) is 1. The summed E-state index contributed by atoms with van der Waals surface area (Å²) in [6, 6.07) is 7.59. The van der Waals surface area contributed by atoms with Gasteiger partial charge in [0, 0.05) is 18.5 Å². The summed E-state index contributed by atoms with van der Waals surface area (Å²) in [4.78, 5) is 0. The molecule has 0 aliphatic carbocycles. The zero-order valence-corrected chi connectivity index (χ0v) is 7.76. The van der Waals surface area contributed by atoms with Gasteiger partial charge in [-0.3, -0.25) is 0 Å². The molecule has 2 heteroatoms. The molecule has 1 aliphatic rings. The summed E-state index contributed by atoms with van der Waals surface area (Å²) >= 11 is 0. The minimum Gasteiger partial charge on any atom is -0.314 e. The van der Waals surface area contributed by atoms with Gasteiger partial charge in [-0.1, -0.05) is 18.2 Å². The lowest BCUT2D eigenvalue weighted by Gasteiger charge is -2.09. The van der Waals surface area contributed by atoms with Crippen LogP contribution in [0.1, 0.15) is 24.8 Å². The van der Waals surface area contributed by atoms with E-state index in [0.29, 0.717) is 12.0 Å². The molecule has 1 aromatic rings. The van der Waals surface area contributed by atoms with Crippen molar-refractivity contribution in [1.29, 1.82) is 0 Å². The standard InChI is InChI=1S/C11H14FN/c1-8-6-9(7-13-8)10-4-2-3-5-11(10)12/h2-5,8-9,13H,6-7H2,1H3. The van der Waals surface area contributed by atoms with E-state index in [0.717, 1.165) is 18.5 Å². The van der Waals surface area contributed by atoms with E-state index >= 15 is 0 Å². The number of benzene rings is 1. The first-order chi connectivity index (χ1) is 6.27. The molecule has 70 valence electrons. The van der Waals surface area contributed by atoms with Gasteiger partial charge in [-0.15, -0.1) is 0 Å². The van der Waals surface area contributed by atoms with E-state index in [2.05, 4.69) is 12.2 Å². The van der Waals surface area contributed by atoms with E-state index in [1.807, 2.05) is 12.1 Å². The van der Waals surface area contributed by atoms with Crippen LogP contribution in [0.4, 0.5) is 4.39 Å². The molecule has 1 fully saturated rings. The third kappa shape index (κ3) is 1.73. The van der Waals surface area contributed by atoms with Crippen LogP contribution < -0.4 is 5.32 Å². The molecule has 2 atom stereocenters. The monoisotopic (exact) mass is 179 g/mol. The molecule has 1 N–H and O–H groups in total. The van der Waals surface area contributed by atoms with Gasteiger partial charge in [0.15, 0.2) is 0 Å². The maximum Gasteiger partial charge on any atom is 0.126 e. The zero-order valence-electron chi connectivity index (χ0n) is 7.76. The van der Waals surface area contributed by atoms with Gasteiger partial charge in [0.25, 0.3) is 0 Å². The normalized spacial score (nSPS) is 27.8. The maximum atomic E-state index is 13.3. The summed E-state index contributed by atoms with van der Waals surface area (Å²) < 4.78 is 13.3. The Bertz CT molecular complexity index is 298. The molecule has 0 saturated carbocycles. The maximum absolute atomic E-state index is 13.3. The van der Waals surface area contributed by atoms with Crippen molar-refractivity contribution in [2.45, 2.75) is 25.3 Å². The van der Waals surface area contributed by atoms with Gasteiger partial charge in [0.1, 0.15) is 5.82 Å². The lowest BCUT2D eigenvalue weighted by molar-refractivity contribution is 0.584. The number of halogens is 1. The third-order valence-corrected chi connectivity index (χ3v) is 2.70. The molecule has 0 amide bonds. The average Bonchev–Trinajstić information content (AvgIpc) is 2.53. The number of hydrogen-bond donors (Lipinski definition) is 1. The van der Waals surface area contributed by atoms with Crippen LogP contribution in [0, 0.1) is 5.82 Å². The van der Waals surface area contributed by atoms with Gasteiger partial charge in [-0.2, -0.15) is 0 Å². The van der Waals surface area contributed by atoms with Crippen LogP contribution in [0.25, 0.3) is 0 Å². The Morgan fingerprint density at radius 2 is 2.15 bits per heavy atom. The van der Waals surface area contributed by atoms with E-state index in [4.69, 9.17) is 0 Å². The van der Waals surface area contributed by atoms with Crippen molar-refractivity contribution in [1.82, 2.24) is 5.32 Å². The van der Waals surface area contributed by atoms with Crippen molar-refractivity contribution in [2.24, 2.45) is 0 Å². The van der Waals surface area contributed by atoms with Crippen LogP contribution in [0.5, 0.6) is 0 Å². The summed E-state index contributed by atoms with van der Waals surface area (Å²) in [5.41, 5.74) is 0.861. The van der Waals surface area contributed by atoms with Gasteiger partial charge in [0.2, 0.25) is 0 Å². The smallest absolute Gasteiger partial charge is 0.126 e. The Labute approximate surface area is 78.0 Å². The molecular weight excluding hydrogens is 165 g/mol. The Morgan fingerprint density at radius 1 is 1.38 bits per heavy atom. The first kappa shape index (κ1) is 8.70. The Balaban J connectivity index is 2.21. The Kier molecular flexibility index (Phi) is 2.32. The van der Waals surface area contributed by atoms with E-state index in [-0.39, 0.29) is 5.82 Å². The fourth-order valence-electron chi connectivity index (χ4n) is 1.98. The highest BCUT2D eigenvalue weighted by molar-refractivity contribution is 5.23. The van der Waals surface area contributed by atoms with E-state index in [1.165, 1.54) is 0 Å². The lowest BCUT2D eigenvalue weighted by atomic mass is 9.96. The molecule has 1 aliphatic heterocycles. The molecule has 1 heterocycles. The van der Waals surface area contributed by atoms with Crippen LogP contribution in [0.15, 0.2) is 24.3 Å². The van der Waals surface area contributed by atoms with Gasteiger partial charge in [-0.25, -0.2) is 4.39 Å². The predicted octanol–water partition coefficient (Wildman–Crippen LogP) is 2.29. The molecule has 0 spiro atoms. The van der Waals surface area contributed by atoms with Crippen molar-refractivity contribution in [3.63, 3.8) is 0 Å². The largest absolute Gasteiger partial charge is 0.314 e. The first-order valence-corrected chi connectivity index (χ1v) is 4.75. The summed E-state index contributed by atoms with van der Waals surface area (Å²) in [7, 11) is 0. The Hall–Kier alpha value is -0.890. The average molecular weight is 179 g/mol. The van der Waals surface area contributed by atoms with Crippen LogP contribution in [-0.4, -0.2) is 12.6 Å². The lowest BCUT2D eigenvalue weighted by Crippen LogP contribution is -2.16. The van der Waals surface area contributed by atoms with Crippen LogP contribution >= 0.6 is 0 Å². The predicted molar refractivity (Wildman–Crippen MR) is 51.2 cm³/mol. The second-order valence-electron chi connectivity index (χ2n) is 3.76. The van der Waals surface area contributed by atoms with Crippen molar-refractivity contribution in [3.05, 3.63) is 35.6 Å². The zero-order chi connectivity index (χ0) is 9.26. The topological polar surface area (TPSA) is 12.0 Å². The fourth-order valence-corrected chi connectivity index (χ4v) is 1.98. The van der Waals surface area contributed by atoms with Gasteiger partial charge >= 0.3 is 0 Å². The van der Waals surface area contributed by atoms with Crippen LogP contribution in [0.3, 0.4) is 0 Å². The Morgan fingerprint density at radius 3 is 2.77 bits per heavy atom. The van der Waals surface area contributed by atoms with Crippen molar-refractivity contribution < 1.29 is 4.39 Å². The van der Waals surface area contributed by atoms with E-state index < -0.39 is 0 Å². The quantitative estimate of drug-likeness (QED) is 0.697.